The van der Waals surface area contributed by atoms with E-state index >= 15 is 0 Å². The Bertz CT molecular complexity index is 1110. The molecule has 2 bridgehead atoms. The Kier molecular flexibility index (Phi) is 5.46. The van der Waals surface area contributed by atoms with Crippen LogP contribution in [0.2, 0.25) is 0 Å². The van der Waals surface area contributed by atoms with E-state index in [1.807, 2.05) is 0 Å². The van der Waals surface area contributed by atoms with Crippen LogP contribution in [-0.2, 0) is 33.4 Å². The third-order valence-corrected chi connectivity index (χ3v) is 9.67. The fourth-order valence-electron chi connectivity index (χ4n) is 8.23. The molecule has 1 spiro atoms. The van der Waals surface area contributed by atoms with Crippen LogP contribution in [0.1, 0.15) is 40.5 Å². The number of aliphatic hydroxyl groups is 4. The third-order valence-electron chi connectivity index (χ3n) is 9.67. The van der Waals surface area contributed by atoms with Crippen molar-refractivity contribution in [3.63, 3.8) is 0 Å². The lowest BCUT2D eigenvalue weighted by molar-refractivity contribution is -0.344. The van der Waals surface area contributed by atoms with Gasteiger partial charge in [0.15, 0.2) is 17.1 Å². The molecule has 5 N–H and O–H groups in total. The van der Waals surface area contributed by atoms with Gasteiger partial charge in [0.05, 0.1) is 18.1 Å². The van der Waals surface area contributed by atoms with Crippen molar-refractivity contribution >= 4 is 23.7 Å². The predicted octanol–water partition coefficient (Wildman–Crippen LogP) is -0.521. The number of carbonyl (C=O) groups excluding carboxylic acids is 3. The van der Waals surface area contributed by atoms with Gasteiger partial charge in [-0.3, -0.25) is 9.59 Å². The summed E-state index contributed by atoms with van der Waals surface area (Å²) in [5.74, 6) is -7.93. The van der Waals surface area contributed by atoms with E-state index in [2.05, 4.69) is 0 Å². The Morgan fingerprint density at radius 1 is 1.24 bits per heavy atom. The Labute approximate surface area is 212 Å². The molecule has 3 aliphatic carbocycles. The average molecular weight is 525 g/mol. The molecule has 11 atom stereocenters. The molecule has 2 saturated carbocycles. The molecule has 5 rings (SSSR count). The van der Waals surface area contributed by atoms with Gasteiger partial charge in [-0.25, -0.2) is 9.59 Å². The maximum atomic E-state index is 13.3. The van der Waals surface area contributed by atoms with Crippen molar-refractivity contribution in [2.24, 2.45) is 34.5 Å². The van der Waals surface area contributed by atoms with E-state index in [0.717, 1.165) is 0 Å². The number of allylic oxidation sites excluding steroid dienone is 2. The zero-order valence-electron chi connectivity index (χ0n) is 20.9. The molecule has 2 heterocycles. The number of aliphatic hydroxyl groups excluding tert-OH is 3. The van der Waals surface area contributed by atoms with Gasteiger partial charge in [0, 0.05) is 18.3 Å². The van der Waals surface area contributed by atoms with Gasteiger partial charge in [-0.2, -0.15) is 0 Å². The Balaban J connectivity index is 1.77. The lowest BCUT2D eigenvalue weighted by Crippen LogP contribution is -2.88. The first kappa shape index (κ1) is 26.1. The number of hydrogen-bond donors (Lipinski definition) is 5. The van der Waals surface area contributed by atoms with Gasteiger partial charge in [0.2, 0.25) is 11.7 Å². The first-order valence-corrected chi connectivity index (χ1v) is 12.4. The third kappa shape index (κ3) is 2.76. The summed E-state index contributed by atoms with van der Waals surface area (Å²) >= 11 is 0. The van der Waals surface area contributed by atoms with E-state index in [4.69, 9.17) is 14.2 Å². The molecular weight excluding hydrogens is 492 g/mol. The van der Waals surface area contributed by atoms with Gasteiger partial charge in [-0.15, -0.1) is 0 Å². The lowest BCUT2D eigenvalue weighted by Gasteiger charge is -2.69. The Hall–Kier alpha value is -2.54. The van der Waals surface area contributed by atoms with Crippen LogP contribution in [0.15, 0.2) is 11.8 Å². The second-order valence-corrected chi connectivity index (χ2v) is 11.8. The molecule has 0 unspecified atom stereocenters. The van der Waals surface area contributed by atoms with E-state index in [-0.39, 0.29) is 18.8 Å². The highest BCUT2D eigenvalue weighted by Gasteiger charge is 2.92. The summed E-state index contributed by atoms with van der Waals surface area (Å²) in [6, 6.07) is 0. The van der Waals surface area contributed by atoms with E-state index in [1.165, 1.54) is 6.08 Å². The first-order chi connectivity index (χ1) is 17.1. The van der Waals surface area contributed by atoms with Crippen molar-refractivity contribution < 1.29 is 58.9 Å². The number of carbonyl (C=O) groups is 4. The average Bonchev–Trinajstić information content (AvgIpc) is 3.00. The fraction of sp³-hybridized carbons (Fsp3) is 0.760. The quantitative estimate of drug-likeness (QED) is 0.296. The number of carboxylic acid groups (broad SMARTS) is 1. The highest BCUT2D eigenvalue weighted by atomic mass is 16.6. The summed E-state index contributed by atoms with van der Waals surface area (Å²) < 4.78 is 16.8. The zero-order valence-corrected chi connectivity index (χ0v) is 20.9. The van der Waals surface area contributed by atoms with Gasteiger partial charge in [-0.05, 0) is 29.7 Å². The smallest absolute Gasteiger partial charge is 0.351 e. The molecule has 204 valence electrons. The molecule has 37 heavy (non-hydrogen) atoms. The first-order valence-electron chi connectivity index (χ1n) is 12.4. The minimum atomic E-state index is -2.94. The van der Waals surface area contributed by atoms with Gasteiger partial charge in [0.25, 0.3) is 0 Å². The van der Waals surface area contributed by atoms with Crippen LogP contribution in [0.4, 0.5) is 0 Å². The summed E-state index contributed by atoms with van der Waals surface area (Å²) in [6.45, 7) is 6.09. The summed E-state index contributed by atoms with van der Waals surface area (Å²) in [5.41, 5.74) is -8.95. The van der Waals surface area contributed by atoms with Crippen molar-refractivity contribution in [1.29, 1.82) is 0 Å². The van der Waals surface area contributed by atoms with E-state index < -0.39 is 100 Å². The molecule has 2 saturated heterocycles. The van der Waals surface area contributed by atoms with Gasteiger partial charge in [0.1, 0.15) is 12.2 Å². The minimum absolute atomic E-state index is 0.0354. The number of ketones is 1. The Morgan fingerprint density at radius 2 is 1.89 bits per heavy atom. The number of hydrogen-bond acceptors (Lipinski definition) is 11. The molecule has 0 aromatic heterocycles. The minimum Gasteiger partial charge on any atom is -0.505 e. The number of Topliss-reactive ketones (excluding diaryl/α,β-unsaturated/α-hetero) is 1. The van der Waals surface area contributed by atoms with Crippen molar-refractivity contribution in [1.82, 2.24) is 0 Å². The normalized spacial score (nSPS) is 50.1. The van der Waals surface area contributed by atoms with Crippen LogP contribution < -0.4 is 0 Å². The summed E-state index contributed by atoms with van der Waals surface area (Å²) in [5, 5.41) is 56.1. The molecule has 5 aliphatic rings. The number of fused-ring (bicyclic) bond motifs is 2. The second kappa shape index (κ2) is 7.75. The van der Waals surface area contributed by atoms with Gasteiger partial charge in [-0.1, -0.05) is 27.7 Å². The number of rotatable bonds is 4. The van der Waals surface area contributed by atoms with Crippen LogP contribution in [0.25, 0.3) is 0 Å². The fourth-order valence-corrected chi connectivity index (χ4v) is 8.23. The van der Waals surface area contributed by atoms with Gasteiger partial charge < -0.3 is 39.7 Å². The number of carboxylic acids is 1. The number of esters is 2. The van der Waals surface area contributed by atoms with Crippen LogP contribution in [0.3, 0.4) is 0 Å². The van der Waals surface area contributed by atoms with Gasteiger partial charge >= 0.3 is 17.9 Å². The topological polar surface area (TPSA) is 197 Å². The molecule has 0 radical (unpaired) electrons. The summed E-state index contributed by atoms with van der Waals surface area (Å²) in [7, 11) is 0. The van der Waals surface area contributed by atoms with Crippen molar-refractivity contribution in [3.05, 3.63) is 11.8 Å². The predicted molar refractivity (Wildman–Crippen MR) is 120 cm³/mol. The molecule has 12 nitrogen and oxygen atoms in total. The molecule has 0 amide bonds. The van der Waals surface area contributed by atoms with Crippen molar-refractivity contribution in [3.8, 4) is 0 Å². The van der Waals surface area contributed by atoms with E-state index in [9.17, 15) is 44.7 Å². The second-order valence-electron chi connectivity index (χ2n) is 11.8. The molecule has 0 aromatic rings. The van der Waals surface area contributed by atoms with E-state index in [0.29, 0.717) is 0 Å². The molecule has 2 aliphatic heterocycles. The maximum absolute atomic E-state index is 13.3. The standard InChI is InChI=1S/C25H32O12/c1-9(2)5-14(27)37-19-20(31)36-13-6-11-10(3)15(28)12(26)7-22(11,4)17-16(29)18(30)24(21(32)33)25(19,34)23(13,17)8-35-24/h7,9-11,13,16-19,26,29-30,34H,5-6,8H2,1-4H3,(H,32,33)/t10-,11-,13+,16+,17+,18-,19-,22-,23+,24-,25-/m0/s1. The molecular formula is C25H32O12. The van der Waals surface area contributed by atoms with Crippen LogP contribution in [-0.4, -0.2) is 91.4 Å². The highest BCUT2D eigenvalue weighted by molar-refractivity contribution is 5.96. The molecule has 4 fully saturated rings. The van der Waals surface area contributed by atoms with Crippen molar-refractivity contribution in [2.45, 2.75) is 76.2 Å². The summed E-state index contributed by atoms with van der Waals surface area (Å²) in [6.07, 6.45) is -6.48. The largest absolute Gasteiger partial charge is 0.505 e. The van der Waals surface area contributed by atoms with Crippen molar-refractivity contribution in [2.75, 3.05) is 6.61 Å². The number of aliphatic carboxylic acids is 1. The SMILES string of the molecule is CC(C)CC(=O)O[C@H]1C(=O)O[C@@H]2C[C@H]3[C@H](C)C(=O)C(O)=C[C@]3(C)[C@H]3[C@@H](O)[C@H](O)[C@@]4(C(=O)O)OC[C@]32[C@@]14O. The van der Waals surface area contributed by atoms with E-state index in [1.54, 1.807) is 27.7 Å². The van der Waals surface area contributed by atoms with Crippen LogP contribution in [0.5, 0.6) is 0 Å². The van der Waals surface area contributed by atoms with Crippen LogP contribution >= 0.6 is 0 Å². The maximum Gasteiger partial charge on any atom is 0.351 e. The monoisotopic (exact) mass is 524 g/mol. The van der Waals surface area contributed by atoms with Crippen LogP contribution in [0, 0.1) is 34.5 Å². The Morgan fingerprint density at radius 3 is 2.49 bits per heavy atom. The number of ether oxygens (including phenoxy) is 3. The molecule has 0 aromatic carbocycles. The highest BCUT2D eigenvalue weighted by Crippen LogP contribution is 2.73. The summed E-state index contributed by atoms with van der Waals surface area (Å²) in [4.78, 5) is 51.4. The molecule has 12 heteroatoms. The zero-order chi connectivity index (χ0) is 27.5. The lowest BCUT2D eigenvalue weighted by atomic mass is 9.37.